The summed E-state index contributed by atoms with van der Waals surface area (Å²) in [5.41, 5.74) is 8.83. The first-order chi connectivity index (χ1) is 17.3. The van der Waals surface area contributed by atoms with Crippen LogP contribution in [0.25, 0.3) is 5.69 Å². The van der Waals surface area contributed by atoms with E-state index in [9.17, 15) is 9.59 Å². The van der Waals surface area contributed by atoms with Crippen LogP contribution in [0.2, 0.25) is 0 Å². The molecule has 0 spiro atoms. The smallest absolute Gasteiger partial charge is 0.324 e. The predicted octanol–water partition coefficient (Wildman–Crippen LogP) is 5.31. The van der Waals surface area contributed by atoms with Crippen LogP contribution in [0.5, 0.6) is 11.5 Å². The summed E-state index contributed by atoms with van der Waals surface area (Å²) in [6.07, 6.45) is 2.25. The molecule has 0 radical (unpaired) electrons. The van der Waals surface area contributed by atoms with Crippen LogP contribution >= 0.6 is 0 Å². The number of primary amides is 1. The number of hydrogen-bond acceptors (Lipinski definition) is 5. The Morgan fingerprint density at radius 2 is 1.78 bits per heavy atom. The Morgan fingerprint density at radius 1 is 1.00 bits per heavy atom. The number of anilines is 2. The number of aromatic nitrogens is 3. The van der Waals surface area contributed by atoms with Gasteiger partial charge in [-0.1, -0.05) is 26.0 Å². The minimum atomic E-state index is -0.633. The first kappa shape index (κ1) is 24.5. The van der Waals surface area contributed by atoms with Crippen LogP contribution in [-0.2, 0) is 6.42 Å². The minimum absolute atomic E-state index is 0.115. The third kappa shape index (κ3) is 6.26. The van der Waals surface area contributed by atoms with Gasteiger partial charge in [-0.25, -0.2) is 9.48 Å². The van der Waals surface area contributed by atoms with E-state index in [1.165, 1.54) is 12.3 Å². The van der Waals surface area contributed by atoms with Gasteiger partial charge in [0.25, 0.3) is 5.91 Å². The van der Waals surface area contributed by atoms with Crippen molar-refractivity contribution in [2.24, 2.45) is 11.7 Å². The van der Waals surface area contributed by atoms with Gasteiger partial charge in [0.1, 0.15) is 23.0 Å². The Hall–Kier alpha value is -4.66. The summed E-state index contributed by atoms with van der Waals surface area (Å²) in [7, 11) is 0. The molecule has 2 aromatic carbocycles. The number of nitrogens with zero attached hydrogens (tertiary/aromatic N) is 3. The minimum Gasteiger partial charge on any atom is -0.457 e. The molecule has 9 nitrogen and oxygen atoms in total. The number of rotatable bonds is 8. The molecule has 2 heterocycles. The number of ether oxygens (including phenoxy) is 1. The molecule has 0 unspecified atom stereocenters. The van der Waals surface area contributed by atoms with Crippen molar-refractivity contribution in [3.05, 3.63) is 89.9 Å². The van der Waals surface area contributed by atoms with Crippen molar-refractivity contribution in [1.29, 1.82) is 0 Å². The fourth-order valence-electron chi connectivity index (χ4n) is 3.62. The van der Waals surface area contributed by atoms with E-state index in [4.69, 9.17) is 15.6 Å². The average molecular weight is 485 g/mol. The molecule has 4 rings (SSSR count). The molecule has 4 N–H and O–H groups in total. The SMILES string of the molecule is Cc1cccc(-n2nc(CC(C)C)cc2NC(=O)Nc2ccc(Oc3ccnc(C(N)=O)c3)cc2)c1. The standard InChI is InChI=1S/C27H28N6O3/c1-17(2)13-20-15-25(33(32-20)21-6-4-5-18(3)14-21)31-27(35)30-19-7-9-22(10-8-19)36-23-11-12-29-24(16-23)26(28)34/h4-12,14-17H,13H2,1-3H3,(H2,28,34)(H2,30,31,35). The summed E-state index contributed by atoms with van der Waals surface area (Å²) in [5.74, 6) is 1.34. The summed E-state index contributed by atoms with van der Waals surface area (Å²) >= 11 is 0. The fraction of sp³-hybridized carbons (Fsp3) is 0.185. The second-order valence-corrected chi connectivity index (χ2v) is 8.82. The molecule has 9 heteroatoms. The van der Waals surface area contributed by atoms with Gasteiger partial charge in [0.2, 0.25) is 0 Å². The molecule has 0 aliphatic carbocycles. The number of hydrogen-bond donors (Lipinski definition) is 3. The zero-order valence-corrected chi connectivity index (χ0v) is 20.4. The highest BCUT2D eigenvalue weighted by Gasteiger charge is 2.14. The number of nitrogens with two attached hydrogens (primary N) is 1. The van der Waals surface area contributed by atoms with Gasteiger partial charge >= 0.3 is 6.03 Å². The van der Waals surface area contributed by atoms with Gasteiger partial charge in [0.15, 0.2) is 0 Å². The molecule has 4 aromatic rings. The summed E-state index contributed by atoms with van der Waals surface area (Å²) in [6, 6.07) is 19.4. The van der Waals surface area contributed by atoms with Gasteiger partial charge in [-0.2, -0.15) is 5.10 Å². The molecule has 0 fully saturated rings. The lowest BCUT2D eigenvalue weighted by atomic mass is 10.1. The number of urea groups is 1. The Kier molecular flexibility index (Phi) is 7.29. The van der Waals surface area contributed by atoms with Gasteiger partial charge in [-0.3, -0.25) is 15.1 Å². The molecule has 0 aliphatic heterocycles. The number of carbonyl (C=O) groups excluding carboxylic acids is 2. The highest BCUT2D eigenvalue weighted by molar-refractivity contribution is 5.99. The third-order valence-corrected chi connectivity index (χ3v) is 5.20. The van der Waals surface area contributed by atoms with Crippen LogP contribution in [0.15, 0.2) is 72.9 Å². The van der Waals surface area contributed by atoms with Crippen molar-refractivity contribution in [3.8, 4) is 17.2 Å². The summed E-state index contributed by atoms with van der Waals surface area (Å²) in [5, 5.41) is 10.5. The van der Waals surface area contributed by atoms with E-state index < -0.39 is 11.9 Å². The molecule has 0 bridgehead atoms. The largest absolute Gasteiger partial charge is 0.457 e. The number of pyridine rings is 1. The Balaban J connectivity index is 1.45. The maximum absolute atomic E-state index is 12.8. The van der Waals surface area contributed by atoms with E-state index in [1.54, 1.807) is 35.0 Å². The summed E-state index contributed by atoms with van der Waals surface area (Å²) in [6.45, 7) is 6.27. The second-order valence-electron chi connectivity index (χ2n) is 8.82. The number of nitrogens with one attached hydrogen (secondary N) is 2. The topological polar surface area (TPSA) is 124 Å². The predicted molar refractivity (Wildman–Crippen MR) is 139 cm³/mol. The molecule has 2 aromatic heterocycles. The van der Waals surface area contributed by atoms with Crippen LogP contribution in [0, 0.1) is 12.8 Å². The number of amides is 3. The van der Waals surface area contributed by atoms with E-state index in [1.807, 2.05) is 37.3 Å². The molecule has 0 aliphatic rings. The van der Waals surface area contributed by atoms with E-state index in [0.717, 1.165) is 23.4 Å². The monoisotopic (exact) mass is 484 g/mol. The molecule has 36 heavy (non-hydrogen) atoms. The second kappa shape index (κ2) is 10.7. The molecule has 184 valence electrons. The van der Waals surface area contributed by atoms with Crippen molar-refractivity contribution < 1.29 is 14.3 Å². The molecule has 0 saturated carbocycles. The van der Waals surface area contributed by atoms with Gasteiger partial charge < -0.3 is 15.8 Å². The molecule has 3 amide bonds. The van der Waals surface area contributed by atoms with Crippen LogP contribution < -0.4 is 21.1 Å². The van der Waals surface area contributed by atoms with Gasteiger partial charge in [0, 0.05) is 24.0 Å². The van der Waals surface area contributed by atoms with Crippen LogP contribution in [0.4, 0.5) is 16.3 Å². The van der Waals surface area contributed by atoms with E-state index in [2.05, 4.69) is 29.5 Å². The lowest BCUT2D eigenvalue weighted by molar-refractivity contribution is 0.0995. The maximum atomic E-state index is 12.8. The van der Waals surface area contributed by atoms with Gasteiger partial charge in [-0.05, 0) is 67.3 Å². The van der Waals surface area contributed by atoms with Crippen molar-refractivity contribution in [1.82, 2.24) is 14.8 Å². The first-order valence-corrected chi connectivity index (χ1v) is 11.5. The molecule has 0 atom stereocenters. The van der Waals surface area contributed by atoms with Crippen LogP contribution in [-0.4, -0.2) is 26.7 Å². The van der Waals surface area contributed by atoms with Crippen LogP contribution in [0.3, 0.4) is 0 Å². The molecular formula is C27H28N6O3. The quantitative estimate of drug-likeness (QED) is 0.313. The average Bonchev–Trinajstić information content (AvgIpc) is 3.21. The van der Waals surface area contributed by atoms with Crippen molar-refractivity contribution in [2.45, 2.75) is 27.2 Å². The Bertz CT molecular complexity index is 1380. The number of carbonyl (C=O) groups is 2. The Morgan fingerprint density at radius 3 is 2.47 bits per heavy atom. The van der Waals surface area contributed by atoms with Crippen molar-refractivity contribution >= 4 is 23.4 Å². The summed E-state index contributed by atoms with van der Waals surface area (Å²) in [4.78, 5) is 28.0. The zero-order valence-electron chi connectivity index (χ0n) is 20.4. The first-order valence-electron chi connectivity index (χ1n) is 11.5. The zero-order chi connectivity index (χ0) is 25.7. The molecular weight excluding hydrogens is 456 g/mol. The van der Waals surface area contributed by atoms with Gasteiger partial charge in [-0.15, -0.1) is 0 Å². The molecule has 0 saturated heterocycles. The summed E-state index contributed by atoms with van der Waals surface area (Å²) < 4.78 is 7.49. The lowest BCUT2D eigenvalue weighted by Crippen LogP contribution is -2.21. The van der Waals surface area contributed by atoms with Crippen molar-refractivity contribution in [3.63, 3.8) is 0 Å². The Labute approximate surface area is 209 Å². The highest BCUT2D eigenvalue weighted by Crippen LogP contribution is 2.24. The van der Waals surface area contributed by atoms with Crippen LogP contribution in [0.1, 0.15) is 35.6 Å². The highest BCUT2D eigenvalue weighted by atomic mass is 16.5. The lowest BCUT2D eigenvalue weighted by Gasteiger charge is -2.11. The van der Waals surface area contributed by atoms with E-state index >= 15 is 0 Å². The third-order valence-electron chi connectivity index (χ3n) is 5.20. The van der Waals surface area contributed by atoms with E-state index in [0.29, 0.717) is 28.9 Å². The van der Waals surface area contributed by atoms with Gasteiger partial charge in [0.05, 0.1) is 11.4 Å². The normalized spacial score (nSPS) is 10.8. The fourth-order valence-corrected chi connectivity index (χ4v) is 3.62. The van der Waals surface area contributed by atoms with Crippen molar-refractivity contribution in [2.75, 3.05) is 10.6 Å². The van der Waals surface area contributed by atoms with E-state index in [-0.39, 0.29) is 5.69 Å². The number of benzene rings is 2. The maximum Gasteiger partial charge on any atom is 0.324 e. The number of aryl methyl sites for hydroxylation is 1.